The number of phenolic OH excluding ortho intramolecular Hbond substituents is 1. The van der Waals surface area contributed by atoms with Crippen LogP contribution in [0.15, 0.2) is 36.7 Å². The van der Waals surface area contributed by atoms with Crippen LogP contribution in [0.1, 0.15) is 5.69 Å². The quantitative estimate of drug-likeness (QED) is 0.722. The summed E-state index contributed by atoms with van der Waals surface area (Å²) in [7, 11) is 0. The summed E-state index contributed by atoms with van der Waals surface area (Å²) in [5.41, 5.74) is 3.30. The SMILES string of the molecule is Oc1ccccc1-c1cn2cc(CN3CCOCC3)nc2c(N2CCOCC2)n1. The van der Waals surface area contributed by atoms with Crippen molar-refractivity contribution in [3.05, 3.63) is 42.4 Å². The third-order valence-electron chi connectivity index (χ3n) is 5.45. The fraction of sp³-hybridized carbons (Fsp3) is 0.429. The minimum Gasteiger partial charge on any atom is -0.507 e. The topological polar surface area (TPSA) is 75.4 Å². The van der Waals surface area contributed by atoms with Crippen molar-refractivity contribution in [2.75, 3.05) is 57.5 Å². The molecular weight excluding hydrogens is 370 g/mol. The molecule has 0 saturated carbocycles. The number of rotatable bonds is 4. The van der Waals surface area contributed by atoms with Crippen LogP contribution >= 0.6 is 0 Å². The van der Waals surface area contributed by atoms with Gasteiger partial charge in [-0.3, -0.25) is 4.90 Å². The van der Waals surface area contributed by atoms with Gasteiger partial charge in [0.1, 0.15) is 5.75 Å². The van der Waals surface area contributed by atoms with Gasteiger partial charge in [-0.15, -0.1) is 0 Å². The molecule has 0 unspecified atom stereocenters. The summed E-state index contributed by atoms with van der Waals surface area (Å²) in [4.78, 5) is 14.4. The van der Waals surface area contributed by atoms with Gasteiger partial charge in [0, 0.05) is 50.7 Å². The second-order valence-corrected chi connectivity index (χ2v) is 7.42. The van der Waals surface area contributed by atoms with Crippen LogP contribution in [-0.2, 0) is 16.0 Å². The standard InChI is InChI=1S/C21H25N5O3/c27-19-4-2-1-3-17(19)18-15-26-14-16(13-24-5-9-28-10-6-24)22-20(26)21(23-18)25-7-11-29-12-8-25/h1-4,14-15,27H,5-13H2. The van der Waals surface area contributed by atoms with Gasteiger partial charge in [0.2, 0.25) is 0 Å². The van der Waals surface area contributed by atoms with Crippen LogP contribution in [0.4, 0.5) is 5.82 Å². The molecule has 5 rings (SSSR count). The number of aromatic nitrogens is 3. The molecule has 4 heterocycles. The van der Waals surface area contributed by atoms with Gasteiger partial charge in [-0.2, -0.15) is 0 Å². The Morgan fingerprint density at radius 3 is 2.38 bits per heavy atom. The van der Waals surface area contributed by atoms with Crippen molar-refractivity contribution in [2.45, 2.75) is 6.54 Å². The number of hydrogen-bond acceptors (Lipinski definition) is 7. The number of phenols is 1. The van der Waals surface area contributed by atoms with Gasteiger partial charge in [-0.1, -0.05) is 12.1 Å². The van der Waals surface area contributed by atoms with Gasteiger partial charge in [-0.05, 0) is 12.1 Å². The van der Waals surface area contributed by atoms with Gasteiger partial charge < -0.3 is 23.9 Å². The molecule has 2 aliphatic heterocycles. The highest BCUT2D eigenvalue weighted by atomic mass is 16.5. The Balaban J connectivity index is 1.57. The van der Waals surface area contributed by atoms with Crippen LogP contribution in [0, 0.1) is 0 Å². The number of ether oxygens (including phenoxy) is 2. The summed E-state index contributed by atoms with van der Waals surface area (Å²) in [5.74, 6) is 1.06. The Hall–Kier alpha value is -2.68. The fourth-order valence-corrected chi connectivity index (χ4v) is 3.90. The van der Waals surface area contributed by atoms with E-state index in [1.54, 1.807) is 6.07 Å². The van der Waals surface area contributed by atoms with Crippen LogP contribution < -0.4 is 4.90 Å². The van der Waals surface area contributed by atoms with E-state index in [1.165, 1.54) is 0 Å². The normalized spacial score (nSPS) is 18.4. The molecule has 0 bridgehead atoms. The minimum atomic E-state index is 0.223. The lowest BCUT2D eigenvalue weighted by Crippen LogP contribution is -2.37. The molecule has 3 aromatic rings. The first-order valence-corrected chi connectivity index (χ1v) is 10.1. The first kappa shape index (κ1) is 18.4. The van der Waals surface area contributed by atoms with Crippen molar-refractivity contribution in [2.24, 2.45) is 0 Å². The zero-order chi connectivity index (χ0) is 19.6. The fourth-order valence-electron chi connectivity index (χ4n) is 3.90. The number of hydrogen-bond donors (Lipinski definition) is 1. The van der Waals surface area contributed by atoms with Crippen LogP contribution in [0.5, 0.6) is 5.75 Å². The number of imidazole rings is 1. The molecule has 152 valence electrons. The zero-order valence-corrected chi connectivity index (χ0v) is 16.3. The lowest BCUT2D eigenvalue weighted by Gasteiger charge is -2.28. The number of fused-ring (bicyclic) bond motifs is 1. The Morgan fingerprint density at radius 2 is 1.62 bits per heavy atom. The van der Waals surface area contributed by atoms with Crippen LogP contribution in [-0.4, -0.2) is 77.0 Å². The highest BCUT2D eigenvalue weighted by molar-refractivity contribution is 5.73. The molecular formula is C21H25N5O3. The summed E-state index contributed by atoms with van der Waals surface area (Å²) >= 11 is 0. The van der Waals surface area contributed by atoms with Crippen molar-refractivity contribution < 1.29 is 14.6 Å². The van der Waals surface area contributed by atoms with Crippen molar-refractivity contribution in [3.8, 4) is 17.0 Å². The van der Waals surface area contributed by atoms with E-state index in [2.05, 4.69) is 16.0 Å². The average Bonchev–Trinajstić information content (AvgIpc) is 3.17. The first-order chi connectivity index (χ1) is 14.3. The summed E-state index contributed by atoms with van der Waals surface area (Å²) in [6.45, 7) is 7.08. The summed E-state index contributed by atoms with van der Waals surface area (Å²) in [5, 5.41) is 10.3. The smallest absolute Gasteiger partial charge is 0.180 e. The lowest BCUT2D eigenvalue weighted by atomic mass is 10.1. The van der Waals surface area contributed by atoms with Gasteiger partial charge >= 0.3 is 0 Å². The van der Waals surface area contributed by atoms with E-state index in [-0.39, 0.29) is 5.75 Å². The lowest BCUT2D eigenvalue weighted by molar-refractivity contribution is 0.0337. The molecule has 0 spiro atoms. The second-order valence-electron chi connectivity index (χ2n) is 7.42. The van der Waals surface area contributed by atoms with Crippen LogP contribution in [0.25, 0.3) is 16.9 Å². The summed E-state index contributed by atoms with van der Waals surface area (Å²) in [6, 6.07) is 7.30. The Labute approximate surface area is 169 Å². The first-order valence-electron chi connectivity index (χ1n) is 10.1. The van der Waals surface area contributed by atoms with E-state index >= 15 is 0 Å². The van der Waals surface area contributed by atoms with E-state index in [9.17, 15) is 5.11 Å². The van der Waals surface area contributed by atoms with Gasteiger partial charge in [0.25, 0.3) is 0 Å². The molecule has 0 amide bonds. The molecule has 2 saturated heterocycles. The van der Waals surface area contributed by atoms with Crippen molar-refractivity contribution in [3.63, 3.8) is 0 Å². The molecule has 0 aliphatic carbocycles. The second kappa shape index (κ2) is 7.98. The maximum Gasteiger partial charge on any atom is 0.180 e. The molecule has 0 radical (unpaired) electrons. The van der Waals surface area contributed by atoms with Gasteiger partial charge in [0.05, 0.1) is 37.8 Å². The number of benzene rings is 1. The van der Waals surface area contributed by atoms with Crippen molar-refractivity contribution >= 4 is 11.5 Å². The molecule has 29 heavy (non-hydrogen) atoms. The highest BCUT2D eigenvalue weighted by Crippen LogP contribution is 2.31. The third-order valence-corrected chi connectivity index (χ3v) is 5.45. The molecule has 1 aromatic carbocycles. The van der Waals surface area contributed by atoms with E-state index in [0.717, 1.165) is 68.8 Å². The van der Waals surface area contributed by atoms with Crippen molar-refractivity contribution in [1.29, 1.82) is 0 Å². The van der Waals surface area contributed by atoms with Crippen LogP contribution in [0.3, 0.4) is 0 Å². The molecule has 8 nitrogen and oxygen atoms in total. The Morgan fingerprint density at radius 1 is 0.897 bits per heavy atom. The van der Waals surface area contributed by atoms with Gasteiger partial charge in [0.15, 0.2) is 11.5 Å². The maximum atomic E-state index is 10.3. The molecule has 8 heteroatoms. The van der Waals surface area contributed by atoms with Crippen molar-refractivity contribution in [1.82, 2.24) is 19.3 Å². The third kappa shape index (κ3) is 3.78. The number of morpholine rings is 2. The molecule has 2 aliphatic rings. The van der Waals surface area contributed by atoms with Gasteiger partial charge in [-0.25, -0.2) is 9.97 Å². The molecule has 0 atom stereocenters. The number of para-hydroxylation sites is 1. The predicted octanol–water partition coefficient (Wildman–Crippen LogP) is 1.77. The molecule has 2 fully saturated rings. The Bertz CT molecular complexity index is 993. The van der Waals surface area contributed by atoms with E-state index in [0.29, 0.717) is 18.8 Å². The Kier molecular flexibility index (Phi) is 5.05. The minimum absolute atomic E-state index is 0.223. The number of anilines is 1. The van der Waals surface area contributed by atoms with E-state index in [4.69, 9.17) is 19.4 Å². The average molecular weight is 395 g/mol. The highest BCUT2D eigenvalue weighted by Gasteiger charge is 2.21. The summed E-state index contributed by atoms with van der Waals surface area (Å²) < 4.78 is 13.0. The zero-order valence-electron chi connectivity index (χ0n) is 16.3. The van der Waals surface area contributed by atoms with E-state index in [1.807, 2.05) is 28.8 Å². The maximum absolute atomic E-state index is 10.3. The van der Waals surface area contributed by atoms with Crippen LogP contribution in [0.2, 0.25) is 0 Å². The number of nitrogens with zero attached hydrogens (tertiary/aromatic N) is 5. The number of aromatic hydroxyl groups is 1. The monoisotopic (exact) mass is 395 g/mol. The molecule has 1 N–H and O–H groups in total. The largest absolute Gasteiger partial charge is 0.507 e. The summed E-state index contributed by atoms with van der Waals surface area (Å²) in [6.07, 6.45) is 4.02. The molecule has 2 aromatic heterocycles. The van der Waals surface area contributed by atoms with E-state index < -0.39 is 0 Å². The predicted molar refractivity (Wildman–Crippen MR) is 109 cm³/mol.